The van der Waals surface area contributed by atoms with Gasteiger partial charge in [-0.25, -0.2) is 4.98 Å². The van der Waals surface area contributed by atoms with Crippen molar-refractivity contribution in [1.82, 2.24) is 10.3 Å². The summed E-state index contributed by atoms with van der Waals surface area (Å²) in [5.41, 5.74) is 1.79. The summed E-state index contributed by atoms with van der Waals surface area (Å²) in [6.45, 7) is 3.29. The molecule has 3 heterocycles. The van der Waals surface area contributed by atoms with Gasteiger partial charge in [0.25, 0.3) is 5.91 Å². The van der Waals surface area contributed by atoms with Gasteiger partial charge in [-0.2, -0.15) is 0 Å². The molecule has 0 radical (unpaired) electrons. The molecule has 1 fully saturated rings. The minimum atomic E-state index is -0.117. The van der Waals surface area contributed by atoms with E-state index in [9.17, 15) is 4.79 Å². The second kappa shape index (κ2) is 7.11. The van der Waals surface area contributed by atoms with Gasteiger partial charge in [0, 0.05) is 25.7 Å². The average molecular weight is 339 g/mol. The van der Waals surface area contributed by atoms with Gasteiger partial charge in [0.05, 0.1) is 25.3 Å². The van der Waals surface area contributed by atoms with Crippen molar-refractivity contribution in [2.24, 2.45) is 0 Å². The van der Waals surface area contributed by atoms with Crippen LogP contribution in [0.4, 0.5) is 5.82 Å². The SMILES string of the molecule is O=C(NC[C@@H]1Cc2ccccc2O1)c1cccnc1N1CCOCC1. The predicted octanol–water partition coefficient (Wildman–Crippen LogP) is 1.65. The number of rotatable bonds is 4. The Hall–Kier alpha value is -2.60. The lowest BCUT2D eigenvalue weighted by molar-refractivity contribution is 0.0931. The van der Waals surface area contributed by atoms with Crippen LogP contribution in [0.25, 0.3) is 0 Å². The maximum absolute atomic E-state index is 12.7. The van der Waals surface area contributed by atoms with Gasteiger partial charge >= 0.3 is 0 Å². The Morgan fingerprint density at radius 2 is 2.04 bits per heavy atom. The van der Waals surface area contributed by atoms with Crippen molar-refractivity contribution in [2.45, 2.75) is 12.5 Å². The number of nitrogens with zero attached hydrogens (tertiary/aromatic N) is 2. The standard InChI is InChI=1S/C19H21N3O3/c23-19(21-13-15-12-14-4-1-2-6-17(14)25-15)16-5-3-7-20-18(16)22-8-10-24-11-9-22/h1-7,15H,8-13H2,(H,21,23)/t15-/m0/s1. The number of carbonyl (C=O) groups is 1. The third kappa shape index (κ3) is 3.44. The van der Waals surface area contributed by atoms with Crippen molar-refractivity contribution in [3.05, 3.63) is 53.7 Å². The highest BCUT2D eigenvalue weighted by Crippen LogP contribution is 2.27. The first kappa shape index (κ1) is 15.9. The van der Waals surface area contributed by atoms with Crippen LogP contribution in [0.1, 0.15) is 15.9 Å². The number of anilines is 1. The third-order valence-electron chi connectivity index (χ3n) is 4.55. The molecule has 0 aliphatic carbocycles. The van der Waals surface area contributed by atoms with E-state index in [2.05, 4.69) is 21.3 Å². The molecule has 1 aromatic carbocycles. The number of para-hydroxylation sites is 1. The van der Waals surface area contributed by atoms with Crippen molar-refractivity contribution < 1.29 is 14.3 Å². The first-order valence-electron chi connectivity index (χ1n) is 8.62. The van der Waals surface area contributed by atoms with E-state index < -0.39 is 0 Å². The minimum absolute atomic E-state index is 0.0233. The van der Waals surface area contributed by atoms with Gasteiger partial charge in [0.2, 0.25) is 0 Å². The van der Waals surface area contributed by atoms with Crippen LogP contribution in [0, 0.1) is 0 Å². The van der Waals surface area contributed by atoms with Gasteiger partial charge in [0.1, 0.15) is 17.7 Å². The lowest BCUT2D eigenvalue weighted by Crippen LogP contribution is -2.39. The van der Waals surface area contributed by atoms with Crippen LogP contribution in [0.15, 0.2) is 42.6 Å². The molecule has 25 heavy (non-hydrogen) atoms. The second-order valence-corrected chi connectivity index (χ2v) is 6.24. The Morgan fingerprint density at radius 3 is 2.88 bits per heavy atom. The number of aromatic nitrogens is 1. The van der Waals surface area contributed by atoms with E-state index in [-0.39, 0.29) is 12.0 Å². The van der Waals surface area contributed by atoms with E-state index in [1.165, 1.54) is 5.56 Å². The monoisotopic (exact) mass is 339 g/mol. The smallest absolute Gasteiger partial charge is 0.255 e. The Balaban J connectivity index is 1.40. The summed E-state index contributed by atoms with van der Waals surface area (Å²) in [6, 6.07) is 11.6. The number of pyridine rings is 1. The largest absolute Gasteiger partial charge is 0.488 e. The Bertz CT molecular complexity index is 734. The molecule has 130 valence electrons. The highest BCUT2D eigenvalue weighted by Gasteiger charge is 2.24. The quantitative estimate of drug-likeness (QED) is 0.918. The molecule has 2 aromatic rings. The van der Waals surface area contributed by atoms with Gasteiger partial charge in [-0.1, -0.05) is 18.2 Å². The fraction of sp³-hybridized carbons (Fsp3) is 0.368. The zero-order valence-electron chi connectivity index (χ0n) is 14.0. The topological polar surface area (TPSA) is 63.7 Å². The number of fused-ring (bicyclic) bond motifs is 1. The summed E-state index contributed by atoms with van der Waals surface area (Å²) in [5.74, 6) is 1.52. The molecule has 6 heteroatoms. The van der Waals surface area contributed by atoms with Crippen LogP contribution in [-0.2, 0) is 11.2 Å². The van der Waals surface area contributed by atoms with Crippen molar-refractivity contribution in [2.75, 3.05) is 37.7 Å². The summed E-state index contributed by atoms with van der Waals surface area (Å²) in [7, 11) is 0. The first-order chi connectivity index (χ1) is 12.3. The number of benzene rings is 1. The van der Waals surface area contributed by atoms with Gasteiger partial charge in [-0.15, -0.1) is 0 Å². The lowest BCUT2D eigenvalue weighted by atomic mass is 10.1. The van der Waals surface area contributed by atoms with E-state index in [1.54, 1.807) is 12.3 Å². The maximum atomic E-state index is 12.7. The van der Waals surface area contributed by atoms with Crippen LogP contribution in [-0.4, -0.2) is 49.8 Å². The Kier molecular flexibility index (Phi) is 4.52. The molecule has 1 aromatic heterocycles. The van der Waals surface area contributed by atoms with Crippen LogP contribution >= 0.6 is 0 Å². The molecular weight excluding hydrogens is 318 g/mol. The first-order valence-corrected chi connectivity index (χ1v) is 8.62. The van der Waals surface area contributed by atoms with Gasteiger partial charge < -0.3 is 19.7 Å². The molecule has 1 N–H and O–H groups in total. The van der Waals surface area contributed by atoms with Crippen molar-refractivity contribution >= 4 is 11.7 Å². The number of amides is 1. The second-order valence-electron chi connectivity index (χ2n) is 6.24. The van der Waals surface area contributed by atoms with E-state index in [4.69, 9.17) is 9.47 Å². The molecule has 6 nitrogen and oxygen atoms in total. The number of carbonyl (C=O) groups excluding carboxylic acids is 1. The summed E-state index contributed by atoms with van der Waals surface area (Å²) < 4.78 is 11.3. The molecule has 4 rings (SSSR count). The summed E-state index contributed by atoms with van der Waals surface area (Å²) in [5, 5.41) is 2.99. The van der Waals surface area contributed by atoms with E-state index >= 15 is 0 Å². The van der Waals surface area contributed by atoms with Gasteiger partial charge in [0.15, 0.2) is 0 Å². The number of hydrogen-bond acceptors (Lipinski definition) is 5. The molecule has 0 unspecified atom stereocenters. The molecule has 2 aliphatic heterocycles. The van der Waals surface area contributed by atoms with Crippen LogP contribution in [0.2, 0.25) is 0 Å². The molecule has 1 atom stereocenters. The average Bonchev–Trinajstić information content (AvgIpc) is 3.10. The van der Waals surface area contributed by atoms with Crippen LogP contribution < -0.4 is 15.0 Å². The lowest BCUT2D eigenvalue weighted by Gasteiger charge is -2.29. The van der Waals surface area contributed by atoms with Crippen molar-refractivity contribution in [3.8, 4) is 5.75 Å². The fourth-order valence-electron chi connectivity index (χ4n) is 3.27. The molecular formula is C19H21N3O3. The van der Waals surface area contributed by atoms with Crippen LogP contribution in [0.5, 0.6) is 5.75 Å². The van der Waals surface area contributed by atoms with Gasteiger partial charge in [-0.3, -0.25) is 4.79 Å². The number of morpholine rings is 1. The third-order valence-corrected chi connectivity index (χ3v) is 4.55. The highest BCUT2D eigenvalue weighted by molar-refractivity contribution is 5.98. The zero-order valence-corrected chi connectivity index (χ0v) is 14.0. The molecule has 2 aliphatic rings. The van der Waals surface area contributed by atoms with Gasteiger partial charge in [-0.05, 0) is 23.8 Å². The molecule has 0 bridgehead atoms. The number of ether oxygens (including phenoxy) is 2. The van der Waals surface area contributed by atoms with E-state index in [1.807, 2.05) is 24.3 Å². The fourth-order valence-corrected chi connectivity index (χ4v) is 3.27. The molecule has 1 saturated heterocycles. The summed E-state index contributed by atoms with van der Waals surface area (Å²) in [6.07, 6.45) is 2.52. The molecule has 0 saturated carbocycles. The molecule has 0 spiro atoms. The predicted molar refractivity (Wildman–Crippen MR) is 94.2 cm³/mol. The van der Waals surface area contributed by atoms with E-state index in [0.29, 0.717) is 25.3 Å². The Labute approximate surface area is 146 Å². The van der Waals surface area contributed by atoms with Crippen molar-refractivity contribution in [3.63, 3.8) is 0 Å². The van der Waals surface area contributed by atoms with Crippen LogP contribution in [0.3, 0.4) is 0 Å². The molecule has 1 amide bonds. The number of nitrogens with one attached hydrogen (secondary N) is 1. The zero-order chi connectivity index (χ0) is 17.1. The number of hydrogen-bond donors (Lipinski definition) is 1. The Morgan fingerprint density at radius 1 is 1.20 bits per heavy atom. The normalized spacial score (nSPS) is 19.2. The highest BCUT2D eigenvalue weighted by atomic mass is 16.5. The van der Waals surface area contributed by atoms with Crippen molar-refractivity contribution in [1.29, 1.82) is 0 Å². The summed E-state index contributed by atoms with van der Waals surface area (Å²) in [4.78, 5) is 19.2. The summed E-state index contributed by atoms with van der Waals surface area (Å²) >= 11 is 0. The maximum Gasteiger partial charge on any atom is 0.255 e. The minimum Gasteiger partial charge on any atom is -0.488 e. The van der Waals surface area contributed by atoms with E-state index in [0.717, 1.165) is 31.1 Å².